The van der Waals surface area contributed by atoms with Gasteiger partial charge in [-0.1, -0.05) is 6.07 Å². The van der Waals surface area contributed by atoms with Gasteiger partial charge in [-0.05, 0) is 38.7 Å². The highest BCUT2D eigenvalue weighted by Gasteiger charge is 2.19. The number of likely N-dealkylation sites (N-methyl/N-ethyl adjacent to an activating group) is 1. The lowest BCUT2D eigenvalue weighted by atomic mass is 10.1. The Morgan fingerprint density at radius 2 is 1.90 bits per heavy atom. The van der Waals surface area contributed by atoms with Crippen molar-refractivity contribution in [1.82, 2.24) is 9.80 Å². The largest absolute Gasteiger partial charge is 0.480 e. The number of carbonyl (C=O) groups is 1. The molecule has 1 aromatic rings. The van der Waals surface area contributed by atoms with Crippen molar-refractivity contribution in [1.29, 1.82) is 0 Å². The number of halogens is 2. The van der Waals surface area contributed by atoms with Crippen molar-refractivity contribution in [3.05, 3.63) is 35.4 Å². The average Bonchev–Trinajstić information content (AvgIpc) is 2.36. The van der Waals surface area contributed by atoms with Gasteiger partial charge >= 0.3 is 5.97 Å². The molecule has 0 saturated heterocycles. The molecule has 1 aromatic carbocycles. The zero-order valence-electron chi connectivity index (χ0n) is 11.9. The van der Waals surface area contributed by atoms with E-state index in [0.29, 0.717) is 18.7 Å². The maximum Gasteiger partial charge on any atom is 0.317 e. The van der Waals surface area contributed by atoms with Crippen LogP contribution in [0.4, 0.5) is 8.78 Å². The van der Waals surface area contributed by atoms with Gasteiger partial charge in [-0.25, -0.2) is 8.78 Å². The molecule has 0 aliphatic rings. The molecule has 0 aromatic heterocycles. The molecule has 0 spiro atoms. The Morgan fingerprint density at radius 3 is 2.40 bits per heavy atom. The number of rotatable bonds is 7. The van der Waals surface area contributed by atoms with Crippen LogP contribution in [-0.4, -0.2) is 54.6 Å². The summed E-state index contributed by atoms with van der Waals surface area (Å²) >= 11 is 0. The predicted molar refractivity (Wildman–Crippen MR) is 72.5 cm³/mol. The monoisotopic (exact) mass is 286 g/mol. The van der Waals surface area contributed by atoms with E-state index in [4.69, 9.17) is 5.11 Å². The first-order valence-corrected chi connectivity index (χ1v) is 6.36. The molecule has 0 aliphatic heterocycles. The van der Waals surface area contributed by atoms with E-state index in [9.17, 15) is 13.6 Å². The highest BCUT2D eigenvalue weighted by atomic mass is 19.2. The SMILES string of the molecule is CC(c1ccc(F)c(F)c1)N(CCN(C)C)CC(=O)O. The van der Waals surface area contributed by atoms with E-state index in [1.807, 2.05) is 19.0 Å². The lowest BCUT2D eigenvalue weighted by Crippen LogP contribution is -2.37. The molecule has 0 saturated carbocycles. The minimum absolute atomic E-state index is 0.145. The lowest BCUT2D eigenvalue weighted by molar-refractivity contribution is -0.138. The van der Waals surface area contributed by atoms with Gasteiger partial charge in [0.2, 0.25) is 0 Å². The third kappa shape index (κ3) is 4.86. The van der Waals surface area contributed by atoms with Gasteiger partial charge < -0.3 is 10.0 Å². The summed E-state index contributed by atoms with van der Waals surface area (Å²) in [4.78, 5) is 14.6. The topological polar surface area (TPSA) is 43.8 Å². The van der Waals surface area contributed by atoms with Gasteiger partial charge in [-0.2, -0.15) is 0 Å². The first kappa shape index (κ1) is 16.5. The summed E-state index contributed by atoms with van der Waals surface area (Å²) in [5, 5.41) is 8.95. The van der Waals surface area contributed by atoms with Crippen LogP contribution in [0.1, 0.15) is 18.5 Å². The first-order valence-electron chi connectivity index (χ1n) is 6.36. The normalized spacial score (nSPS) is 12.9. The van der Waals surface area contributed by atoms with Gasteiger partial charge in [0.15, 0.2) is 11.6 Å². The van der Waals surface area contributed by atoms with Crippen molar-refractivity contribution in [2.75, 3.05) is 33.7 Å². The molecule has 1 unspecified atom stereocenters. The van der Waals surface area contributed by atoms with Crippen LogP contribution in [0, 0.1) is 11.6 Å². The van der Waals surface area contributed by atoms with E-state index in [2.05, 4.69) is 0 Å². The Morgan fingerprint density at radius 1 is 1.25 bits per heavy atom. The Hall–Kier alpha value is -1.53. The van der Waals surface area contributed by atoms with Crippen LogP contribution >= 0.6 is 0 Å². The van der Waals surface area contributed by atoms with Crippen LogP contribution in [0.3, 0.4) is 0 Å². The molecule has 1 N–H and O–H groups in total. The third-order valence-corrected chi connectivity index (χ3v) is 3.15. The summed E-state index contributed by atoms with van der Waals surface area (Å²) in [6, 6.07) is 3.35. The van der Waals surface area contributed by atoms with Gasteiger partial charge in [-0.3, -0.25) is 9.69 Å². The van der Waals surface area contributed by atoms with Crippen LogP contribution in [-0.2, 0) is 4.79 Å². The lowest BCUT2D eigenvalue weighted by Gasteiger charge is -2.29. The molecule has 0 radical (unpaired) electrons. The molecule has 20 heavy (non-hydrogen) atoms. The maximum atomic E-state index is 13.3. The smallest absolute Gasteiger partial charge is 0.317 e. The number of aliphatic carboxylic acids is 1. The molecule has 6 heteroatoms. The minimum Gasteiger partial charge on any atom is -0.480 e. The molecule has 4 nitrogen and oxygen atoms in total. The Balaban J connectivity index is 2.87. The van der Waals surface area contributed by atoms with Gasteiger partial charge in [0.25, 0.3) is 0 Å². The van der Waals surface area contributed by atoms with Gasteiger partial charge in [0, 0.05) is 19.1 Å². The molecule has 1 atom stereocenters. The van der Waals surface area contributed by atoms with E-state index >= 15 is 0 Å². The van der Waals surface area contributed by atoms with E-state index in [1.165, 1.54) is 6.07 Å². The number of nitrogens with zero attached hydrogens (tertiary/aromatic N) is 2. The predicted octanol–water partition coefficient (Wildman–Crippen LogP) is 1.97. The molecule has 0 heterocycles. The number of carboxylic acid groups (broad SMARTS) is 1. The van der Waals surface area contributed by atoms with Crippen molar-refractivity contribution in [3.8, 4) is 0 Å². The maximum absolute atomic E-state index is 13.3. The standard InChI is InChI=1S/C14H20F2N2O2/c1-10(11-4-5-12(15)13(16)8-11)18(9-14(19)20)7-6-17(2)3/h4-5,8,10H,6-7,9H2,1-3H3,(H,19,20). The second-order valence-corrected chi connectivity index (χ2v) is 5.02. The summed E-state index contributed by atoms with van der Waals surface area (Å²) < 4.78 is 26.2. The highest BCUT2D eigenvalue weighted by Crippen LogP contribution is 2.21. The molecule has 112 valence electrons. The molecular formula is C14H20F2N2O2. The van der Waals surface area contributed by atoms with Gasteiger partial charge in [-0.15, -0.1) is 0 Å². The Kier molecular flexibility index (Phi) is 6.04. The van der Waals surface area contributed by atoms with Crippen LogP contribution in [0.15, 0.2) is 18.2 Å². The van der Waals surface area contributed by atoms with E-state index in [-0.39, 0.29) is 12.6 Å². The summed E-state index contributed by atoms with van der Waals surface area (Å²) in [6.45, 7) is 2.85. The van der Waals surface area contributed by atoms with Crippen molar-refractivity contribution in [2.24, 2.45) is 0 Å². The van der Waals surface area contributed by atoms with Crippen molar-refractivity contribution >= 4 is 5.97 Å². The third-order valence-electron chi connectivity index (χ3n) is 3.15. The molecule has 0 bridgehead atoms. The fourth-order valence-corrected chi connectivity index (χ4v) is 1.89. The molecule has 0 amide bonds. The van der Waals surface area contributed by atoms with Crippen LogP contribution < -0.4 is 0 Å². The summed E-state index contributed by atoms with van der Waals surface area (Å²) in [7, 11) is 3.78. The summed E-state index contributed by atoms with van der Waals surface area (Å²) in [5.41, 5.74) is 0.559. The fourth-order valence-electron chi connectivity index (χ4n) is 1.89. The highest BCUT2D eigenvalue weighted by molar-refractivity contribution is 5.69. The van der Waals surface area contributed by atoms with E-state index in [0.717, 1.165) is 12.1 Å². The van der Waals surface area contributed by atoms with Crippen molar-refractivity contribution in [2.45, 2.75) is 13.0 Å². The van der Waals surface area contributed by atoms with Crippen molar-refractivity contribution in [3.63, 3.8) is 0 Å². The zero-order valence-corrected chi connectivity index (χ0v) is 11.9. The minimum atomic E-state index is -0.946. The second-order valence-electron chi connectivity index (χ2n) is 5.02. The van der Waals surface area contributed by atoms with Crippen LogP contribution in [0.5, 0.6) is 0 Å². The number of hydrogen-bond donors (Lipinski definition) is 1. The first-order chi connectivity index (χ1) is 9.31. The van der Waals surface area contributed by atoms with Crippen LogP contribution in [0.25, 0.3) is 0 Å². The number of carboxylic acids is 1. The molecule has 0 aliphatic carbocycles. The van der Waals surface area contributed by atoms with E-state index in [1.54, 1.807) is 11.8 Å². The van der Waals surface area contributed by atoms with Crippen LogP contribution in [0.2, 0.25) is 0 Å². The second kappa shape index (κ2) is 7.31. The van der Waals surface area contributed by atoms with Crippen molar-refractivity contribution < 1.29 is 18.7 Å². The average molecular weight is 286 g/mol. The molecule has 1 rings (SSSR count). The molecular weight excluding hydrogens is 266 g/mol. The Labute approximate surface area is 117 Å². The quantitative estimate of drug-likeness (QED) is 0.832. The summed E-state index contributed by atoms with van der Waals surface area (Å²) in [6.07, 6.45) is 0. The number of hydrogen-bond acceptors (Lipinski definition) is 3. The zero-order chi connectivity index (χ0) is 15.3. The Bertz CT molecular complexity index is 466. The van der Waals surface area contributed by atoms with E-state index < -0.39 is 17.6 Å². The van der Waals surface area contributed by atoms with Gasteiger partial charge in [0.05, 0.1) is 6.54 Å². The molecule has 0 fully saturated rings. The number of benzene rings is 1. The fraction of sp³-hybridized carbons (Fsp3) is 0.500. The van der Waals surface area contributed by atoms with Gasteiger partial charge in [0.1, 0.15) is 0 Å². The summed E-state index contributed by atoms with van der Waals surface area (Å²) in [5.74, 6) is -2.77.